The molecule has 134 valence electrons. The van der Waals surface area contributed by atoms with E-state index in [1.165, 1.54) is 13.5 Å². The van der Waals surface area contributed by atoms with Gasteiger partial charge in [-0.05, 0) is 51.9 Å². The third kappa shape index (κ3) is 2.86. The molecule has 4 unspecified atom stereocenters. The lowest BCUT2D eigenvalue weighted by molar-refractivity contribution is -0.153. The molecule has 0 aliphatic heterocycles. The molecule has 3 saturated carbocycles. The number of aliphatic imine (C=N–C) groups is 1. The van der Waals surface area contributed by atoms with Crippen LogP contribution in [0.3, 0.4) is 0 Å². The number of esters is 2. The molecule has 0 N–H and O–H groups in total. The van der Waals surface area contributed by atoms with Crippen molar-refractivity contribution >= 4 is 17.7 Å². The third-order valence-corrected chi connectivity index (χ3v) is 6.38. The lowest BCUT2D eigenvalue weighted by Crippen LogP contribution is -2.56. The molecule has 0 aromatic carbocycles. The summed E-state index contributed by atoms with van der Waals surface area (Å²) in [6.45, 7) is 5.95. The van der Waals surface area contributed by atoms with E-state index in [2.05, 4.69) is 6.92 Å². The Bertz CT molecular complexity index is 556. The first-order valence-electron chi connectivity index (χ1n) is 9.22. The Labute approximate surface area is 144 Å². The fraction of sp³-hybridized carbons (Fsp3) is 0.842. The van der Waals surface area contributed by atoms with Crippen LogP contribution in [0.1, 0.15) is 59.3 Å². The Kier molecular flexibility index (Phi) is 4.71. The highest BCUT2D eigenvalue weighted by Gasteiger charge is 2.56. The number of nitrogens with zero attached hydrogens (tertiary/aromatic N) is 1. The molecule has 5 atom stereocenters. The molecule has 0 saturated heterocycles. The van der Waals surface area contributed by atoms with Crippen molar-refractivity contribution < 1.29 is 19.1 Å². The Morgan fingerprint density at radius 2 is 2.00 bits per heavy atom. The molecule has 0 radical (unpaired) electrons. The highest BCUT2D eigenvalue weighted by molar-refractivity contribution is 5.99. The van der Waals surface area contributed by atoms with E-state index in [-0.39, 0.29) is 35.3 Å². The minimum atomic E-state index is -0.563. The molecule has 0 spiro atoms. The Hall–Kier alpha value is -1.39. The predicted octanol–water partition coefficient (Wildman–Crippen LogP) is 3.16. The maximum atomic E-state index is 12.7. The first kappa shape index (κ1) is 17.4. The van der Waals surface area contributed by atoms with Gasteiger partial charge >= 0.3 is 11.9 Å². The van der Waals surface area contributed by atoms with Crippen LogP contribution in [-0.4, -0.2) is 36.9 Å². The summed E-state index contributed by atoms with van der Waals surface area (Å²) in [6, 6.07) is -0.563. The summed E-state index contributed by atoms with van der Waals surface area (Å²) in [5, 5.41) is 0. The smallest absolute Gasteiger partial charge is 0.331 e. The third-order valence-electron chi connectivity index (χ3n) is 6.38. The molecule has 3 aliphatic rings. The Morgan fingerprint density at radius 1 is 1.25 bits per heavy atom. The van der Waals surface area contributed by atoms with Crippen LogP contribution in [0.15, 0.2) is 4.99 Å². The van der Waals surface area contributed by atoms with E-state index < -0.39 is 6.04 Å². The number of hydrogen-bond donors (Lipinski definition) is 0. The standard InChI is InChI=1S/C19H29NO4/c1-11(2)24-18(22)16(13-6-5-7-14(13)17(21)23-4)20-15-10-12-8-9-19(12,15)3/h11-14,16H,5-10H2,1-4H3/b20-15+/t12?,13?,14-,16?,19?/m1/s1. The van der Waals surface area contributed by atoms with Gasteiger partial charge in [0.05, 0.1) is 19.1 Å². The van der Waals surface area contributed by atoms with Gasteiger partial charge in [-0.25, -0.2) is 4.79 Å². The second-order valence-electron chi connectivity index (χ2n) is 8.09. The summed E-state index contributed by atoms with van der Waals surface area (Å²) in [5.41, 5.74) is 1.34. The topological polar surface area (TPSA) is 65.0 Å². The van der Waals surface area contributed by atoms with Gasteiger partial charge in [0.2, 0.25) is 0 Å². The molecule has 3 aliphatic carbocycles. The largest absolute Gasteiger partial charge is 0.469 e. The van der Waals surface area contributed by atoms with E-state index in [0.717, 1.165) is 43.7 Å². The molecule has 0 bridgehead atoms. The van der Waals surface area contributed by atoms with Gasteiger partial charge in [-0.1, -0.05) is 13.3 Å². The van der Waals surface area contributed by atoms with Crippen molar-refractivity contribution in [2.75, 3.05) is 7.11 Å². The molecule has 5 heteroatoms. The molecule has 5 nitrogen and oxygen atoms in total. The molecule has 3 fully saturated rings. The van der Waals surface area contributed by atoms with E-state index in [9.17, 15) is 9.59 Å². The lowest BCUT2D eigenvalue weighted by atomic mass is 9.47. The van der Waals surface area contributed by atoms with Crippen molar-refractivity contribution in [3.8, 4) is 0 Å². The van der Waals surface area contributed by atoms with Gasteiger partial charge in [-0.2, -0.15) is 0 Å². The van der Waals surface area contributed by atoms with Crippen LogP contribution in [0.4, 0.5) is 0 Å². The summed E-state index contributed by atoms with van der Waals surface area (Å²) >= 11 is 0. The molecule has 0 amide bonds. The number of rotatable bonds is 5. The van der Waals surface area contributed by atoms with Crippen LogP contribution >= 0.6 is 0 Å². The zero-order valence-corrected chi connectivity index (χ0v) is 15.2. The first-order chi connectivity index (χ1) is 11.4. The van der Waals surface area contributed by atoms with Crippen LogP contribution in [-0.2, 0) is 19.1 Å². The number of fused-ring (bicyclic) bond motifs is 1. The van der Waals surface area contributed by atoms with Gasteiger partial charge in [0.15, 0.2) is 6.04 Å². The first-order valence-corrected chi connectivity index (χ1v) is 9.22. The zero-order valence-electron chi connectivity index (χ0n) is 15.2. The minimum Gasteiger partial charge on any atom is -0.469 e. The van der Waals surface area contributed by atoms with Crippen molar-refractivity contribution in [2.24, 2.45) is 28.2 Å². The van der Waals surface area contributed by atoms with Gasteiger partial charge in [0.25, 0.3) is 0 Å². The zero-order chi connectivity index (χ0) is 17.5. The number of carbonyl (C=O) groups excluding carboxylic acids is 2. The maximum Gasteiger partial charge on any atom is 0.331 e. The van der Waals surface area contributed by atoms with Crippen molar-refractivity contribution in [3.63, 3.8) is 0 Å². The molecule has 3 rings (SSSR count). The summed E-state index contributed by atoms with van der Waals surface area (Å²) in [6.07, 6.45) is 5.78. The molecular formula is C19H29NO4. The average Bonchev–Trinajstić information content (AvgIpc) is 3.01. The summed E-state index contributed by atoms with van der Waals surface area (Å²) in [7, 11) is 1.41. The van der Waals surface area contributed by atoms with E-state index in [4.69, 9.17) is 14.5 Å². The SMILES string of the molecule is COC(=O)[C@@H]1CCCC1C(/N=C1\CC2CCC12C)C(=O)OC(C)C. The average molecular weight is 335 g/mol. The Balaban J connectivity index is 1.83. The van der Waals surface area contributed by atoms with Gasteiger partial charge in [-0.3, -0.25) is 9.79 Å². The number of ether oxygens (including phenoxy) is 2. The molecule has 0 aromatic heterocycles. The molecule has 0 aromatic rings. The van der Waals surface area contributed by atoms with E-state index in [0.29, 0.717) is 0 Å². The minimum absolute atomic E-state index is 0.0982. The van der Waals surface area contributed by atoms with Crippen LogP contribution < -0.4 is 0 Å². The van der Waals surface area contributed by atoms with Gasteiger partial charge in [0, 0.05) is 17.0 Å². The quantitative estimate of drug-likeness (QED) is 0.724. The van der Waals surface area contributed by atoms with Gasteiger partial charge < -0.3 is 9.47 Å². The predicted molar refractivity (Wildman–Crippen MR) is 90.7 cm³/mol. The normalized spacial score (nSPS) is 37.4. The van der Waals surface area contributed by atoms with Crippen LogP contribution in [0.25, 0.3) is 0 Å². The fourth-order valence-electron chi connectivity index (χ4n) is 4.63. The van der Waals surface area contributed by atoms with Gasteiger partial charge in [-0.15, -0.1) is 0 Å². The highest BCUT2D eigenvalue weighted by Crippen LogP contribution is 2.59. The fourth-order valence-corrected chi connectivity index (χ4v) is 4.63. The van der Waals surface area contributed by atoms with Crippen molar-refractivity contribution in [3.05, 3.63) is 0 Å². The monoisotopic (exact) mass is 335 g/mol. The van der Waals surface area contributed by atoms with Gasteiger partial charge in [0.1, 0.15) is 0 Å². The molecular weight excluding hydrogens is 306 g/mol. The van der Waals surface area contributed by atoms with Crippen LogP contribution in [0, 0.1) is 23.2 Å². The lowest BCUT2D eigenvalue weighted by Gasteiger charge is -2.57. The van der Waals surface area contributed by atoms with Crippen LogP contribution in [0.2, 0.25) is 0 Å². The van der Waals surface area contributed by atoms with Crippen molar-refractivity contribution in [2.45, 2.75) is 71.4 Å². The van der Waals surface area contributed by atoms with E-state index >= 15 is 0 Å². The molecule has 0 heterocycles. The summed E-state index contributed by atoms with van der Waals surface area (Å²) < 4.78 is 10.4. The van der Waals surface area contributed by atoms with E-state index in [1.54, 1.807) is 0 Å². The molecule has 24 heavy (non-hydrogen) atoms. The van der Waals surface area contributed by atoms with Crippen molar-refractivity contribution in [1.29, 1.82) is 0 Å². The second kappa shape index (κ2) is 6.49. The van der Waals surface area contributed by atoms with Crippen LogP contribution in [0.5, 0.6) is 0 Å². The van der Waals surface area contributed by atoms with E-state index in [1.807, 2.05) is 13.8 Å². The number of methoxy groups -OCH3 is 1. The summed E-state index contributed by atoms with van der Waals surface area (Å²) in [5.74, 6) is -0.114. The highest BCUT2D eigenvalue weighted by atomic mass is 16.5. The van der Waals surface area contributed by atoms with Crippen molar-refractivity contribution in [1.82, 2.24) is 0 Å². The summed E-state index contributed by atoms with van der Waals surface area (Å²) in [4.78, 5) is 29.7. The number of carbonyl (C=O) groups is 2. The maximum absolute atomic E-state index is 12.7. The number of hydrogen-bond acceptors (Lipinski definition) is 5. The second-order valence-corrected chi connectivity index (χ2v) is 8.09. The Morgan fingerprint density at radius 3 is 2.50 bits per heavy atom.